The van der Waals surface area contributed by atoms with Gasteiger partial charge in [-0.05, 0) is 13.0 Å². The number of nitrogen functional groups attached to an aromatic ring is 1. The molecule has 0 saturated carbocycles. The van der Waals surface area contributed by atoms with E-state index >= 15 is 0 Å². The van der Waals surface area contributed by atoms with Crippen LogP contribution in [-0.4, -0.2) is 25.7 Å². The SMILES string of the molecule is CCOc1cc2nc3ccc(=[N+](C)C)cc-3oc2cc1N.[Cl-]. The predicted molar refractivity (Wildman–Crippen MR) is 83.3 cm³/mol. The number of halogens is 1. The van der Waals surface area contributed by atoms with Crippen molar-refractivity contribution in [3.63, 3.8) is 0 Å². The van der Waals surface area contributed by atoms with Crippen molar-refractivity contribution in [2.24, 2.45) is 0 Å². The fourth-order valence-electron chi connectivity index (χ4n) is 2.22. The van der Waals surface area contributed by atoms with Crippen LogP contribution in [0.1, 0.15) is 6.92 Å². The summed E-state index contributed by atoms with van der Waals surface area (Å²) in [6, 6.07) is 9.50. The van der Waals surface area contributed by atoms with E-state index in [1.165, 1.54) is 0 Å². The Kier molecular flexibility index (Phi) is 4.56. The molecule has 2 aliphatic rings. The molecular weight excluding hydrogens is 302 g/mol. The fraction of sp³-hybridized carbons (Fsp3) is 0.250. The molecule has 1 aliphatic carbocycles. The van der Waals surface area contributed by atoms with Crippen molar-refractivity contribution < 1.29 is 21.6 Å². The molecule has 1 heterocycles. The molecule has 0 fully saturated rings. The van der Waals surface area contributed by atoms with E-state index in [4.69, 9.17) is 14.9 Å². The van der Waals surface area contributed by atoms with Gasteiger partial charge in [0.1, 0.15) is 31.1 Å². The lowest BCUT2D eigenvalue weighted by molar-refractivity contribution is -0.00000542. The second-order valence-electron chi connectivity index (χ2n) is 5.05. The first-order chi connectivity index (χ1) is 10.1. The fourth-order valence-corrected chi connectivity index (χ4v) is 2.22. The highest BCUT2D eigenvalue weighted by Crippen LogP contribution is 2.30. The highest BCUT2D eigenvalue weighted by Gasteiger charge is 2.12. The molecule has 5 nitrogen and oxygen atoms in total. The minimum atomic E-state index is 0. The first-order valence-electron chi connectivity index (χ1n) is 6.85. The van der Waals surface area contributed by atoms with Crippen molar-refractivity contribution in [3.05, 3.63) is 35.7 Å². The number of benzene rings is 2. The van der Waals surface area contributed by atoms with Crippen LogP contribution in [0.5, 0.6) is 5.75 Å². The minimum absolute atomic E-state index is 0. The van der Waals surface area contributed by atoms with Crippen LogP contribution >= 0.6 is 0 Å². The van der Waals surface area contributed by atoms with Crippen LogP contribution in [0.25, 0.3) is 22.6 Å². The van der Waals surface area contributed by atoms with Gasteiger partial charge in [0.25, 0.3) is 0 Å². The maximum absolute atomic E-state index is 5.97. The topological polar surface area (TPSA) is 64.3 Å². The van der Waals surface area contributed by atoms with Gasteiger partial charge in [-0.15, -0.1) is 0 Å². The molecule has 2 N–H and O–H groups in total. The Bertz CT molecular complexity index is 854. The molecule has 0 amide bonds. The van der Waals surface area contributed by atoms with E-state index in [1.807, 2.05) is 49.9 Å². The van der Waals surface area contributed by atoms with Crippen molar-refractivity contribution in [1.82, 2.24) is 9.56 Å². The molecule has 0 atom stereocenters. The standard InChI is InChI=1S/C16H17N3O2.ClH/c1-4-20-14-9-13-16(8-11(14)17)21-15-7-10(19(2)3)5-6-12(15)18-13;/h5-9,17H,4H2,1-3H3;1H. The van der Waals surface area contributed by atoms with E-state index in [1.54, 1.807) is 6.07 Å². The lowest BCUT2D eigenvalue weighted by Crippen LogP contribution is -3.00. The zero-order valence-electron chi connectivity index (χ0n) is 12.8. The average Bonchev–Trinajstić information content (AvgIpc) is 2.45. The molecule has 0 unspecified atom stereocenters. The highest BCUT2D eigenvalue weighted by molar-refractivity contribution is 5.82. The van der Waals surface area contributed by atoms with Crippen LogP contribution in [0.4, 0.5) is 5.69 Å². The van der Waals surface area contributed by atoms with E-state index in [0.29, 0.717) is 23.6 Å². The van der Waals surface area contributed by atoms with Crippen molar-refractivity contribution in [2.75, 3.05) is 26.4 Å². The molecular formula is C16H18ClN3O2. The number of anilines is 1. The molecule has 22 heavy (non-hydrogen) atoms. The van der Waals surface area contributed by atoms with Crippen molar-refractivity contribution in [1.29, 1.82) is 0 Å². The number of aromatic nitrogens is 1. The molecule has 1 aromatic rings. The highest BCUT2D eigenvalue weighted by atomic mass is 35.5. The van der Waals surface area contributed by atoms with Gasteiger partial charge in [-0.2, -0.15) is 0 Å². The van der Waals surface area contributed by atoms with E-state index < -0.39 is 0 Å². The Morgan fingerprint density at radius 3 is 2.68 bits per heavy atom. The molecule has 0 bridgehead atoms. The van der Waals surface area contributed by atoms with Crippen LogP contribution in [0.15, 0.2) is 34.7 Å². The van der Waals surface area contributed by atoms with Crippen LogP contribution in [0.3, 0.4) is 0 Å². The van der Waals surface area contributed by atoms with Gasteiger partial charge in [-0.3, -0.25) is 0 Å². The molecule has 116 valence electrons. The Balaban J connectivity index is 0.00000176. The molecule has 6 heteroatoms. The van der Waals surface area contributed by atoms with Crippen LogP contribution in [-0.2, 0) is 0 Å². The summed E-state index contributed by atoms with van der Waals surface area (Å²) in [5.74, 6) is 1.37. The van der Waals surface area contributed by atoms with Crippen molar-refractivity contribution in [3.8, 4) is 17.2 Å². The van der Waals surface area contributed by atoms with Gasteiger partial charge in [-0.1, -0.05) is 0 Å². The Morgan fingerprint density at radius 1 is 1.23 bits per heavy atom. The van der Waals surface area contributed by atoms with E-state index in [9.17, 15) is 0 Å². The summed E-state index contributed by atoms with van der Waals surface area (Å²) in [5, 5.41) is 1.06. The molecule has 3 rings (SSSR count). The second-order valence-corrected chi connectivity index (χ2v) is 5.05. The summed E-state index contributed by atoms with van der Waals surface area (Å²) in [6.45, 7) is 2.48. The second kappa shape index (κ2) is 6.23. The first-order valence-corrected chi connectivity index (χ1v) is 6.85. The lowest BCUT2D eigenvalue weighted by atomic mass is 10.2. The molecule has 0 radical (unpaired) electrons. The van der Waals surface area contributed by atoms with Gasteiger partial charge in [0.05, 0.1) is 18.4 Å². The summed E-state index contributed by atoms with van der Waals surface area (Å²) in [6.07, 6.45) is 0. The van der Waals surface area contributed by atoms with Crippen LogP contribution in [0.2, 0.25) is 0 Å². The molecule has 1 aliphatic heterocycles. The van der Waals surface area contributed by atoms with E-state index in [0.717, 1.165) is 22.3 Å². The van der Waals surface area contributed by atoms with Crippen LogP contribution < -0.4 is 32.8 Å². The molecule has 1 aromatic carbocycles. The van der Waals surface area contributed by atoms with Gasteiger partial charge in [0.2, 0.25) is 5.36 Å². The third-order valence-corrected chi connectivity index (χ3v) is 3.31. The third kappa shape index (κ3) is 2.85. The molecule has 0 aromatic heterocycles. The Hall–Kier alpha value is -2.27. The number of fused-ring (bicyclic) bond motifs is 2. The van der Waals surface area contributed by atoms with Gasteiger partial charge in [0.15, 0.2) is 11.3 Å². The smallest absolute Gasteiger partial charge is 0.203 e. The quantitative estimate of drug-likeness (QED) is 0.372. The number of nitrogens with zero attached hydrogens (tertiary/aromatic N) is 2. The zero-order chi connectivity index (χ0) is 15.0. The molecule has 0 spiro atoms. The van der Waals surface area contributed by atoms with Gasteiger partial charge < -0.3 is 27.3 Å². The normalized spacial score (nSPS) is 10.5. The lowest BCUT2D eigenvalue weighted by Gasteiger charge is -2.10. The van der Waals surface area contributed by atoms with Gasteiger partial charge in [0, 0.05) is 18.2 Å². The van der Waals surface area contributed by atoms with Crippen molar-refractivity contribution >= 4 is 16.8 Å². The number of rotatable bonds is 2. The zero-order valence-corrected chi connectivity index (χ0v) is 13.5. The summed E-state index contributed by atoms with van der Waals surface area (Å²) in [5.41, 5.74) is 8.72. The predicted octanol–water partition coefficient (Wildman–Crippen LogP) is -1.05. The summed E-state index contributed by atoms with van der Waals surface area (Å²) in [7, 11) is 3.98. The Labute approximate surface area is 134 Å². The summed E-state index contributed by atoms with van der Waals surface area (Å²) < 4.78 is 13.4. The van der Waals surface area contributed by atoms with Crippen LogP contribution in [0, 0.1) is 0 Å². The Morgan fingerprint density at radius 2 is 2.00 bits per heavy atom. The number of hydrogen-bond acceptors (Lipinski definition) is 4. The van der Waals surface area contributed by atoms with Gasteiger partial charge >= 0.3 is 0 Å². The maximum Gasteiger partial charge on any atom is 0.203 e. The third-order valence-electron chi connectivity index (χ3n) is 3.31. The number of nitrogens with two attached hydrogens (primary N) is 1. The largest absolute Gasteiger partial charge is 1.00 e. The van der Waals surface area contributed by atoms with E-state index in [-0.39, 0.29) is 12.4 Å². The average molecular weight is 320 g/mol. The van der Waals surface area contributed by atoms with E-state index in [2.05, 4.69) is 4.98 Å². The number of ether oxygens (including phenoxy) is 1. The summed E-state index contributed by atoms with van der Waals surface area (Å²) >= 11 is 0. The van der Waals surface area contributed by atoms with Crippen molar-refractivity contribution in [2.45, 2.75) is 6.92 Å². The number of hydrogen-bond donors (Lipinski definition) is 1. The molecule has 0 saturated heterocycles. The monoisotopic (exact) mass is 319 g/mol. The summed E-state index contributed by atoms with van der Waals surface area (Å²) in [4.78, 5) is 4.61. The van der Waals surface area contributed by atoms with Gasteiger partial charge in [-0.25, -0.2) is 9.56 Å². The minimum Gasteiger partial charge on any atom is -1.00 e. The maximum atomic E-state index is 5.97. The first kappa shape index (κ1) is 16.1.